The normalized spacial score (nSPS) is 16.2. The molecule has 2 heterocycles. The third-order valence-corrected chi connectivity index (χ3v) is 4.95. The maximum absolute atomic E-state index is 12.2. The predicted octanol–water partition coefficient (Wildman–Crippen LogP) is 4.07. The molecule has 1 aliphatic heterocycles. The molecule has 0 radical (unpaired) electrons. The van der Waals surface area contributed by atoms with Crippen LogP contribution in [-0.2, 0) is 0 Å². The van der Waals surface area contributed by atoms with Gasteiger partial charge in [0.1, 0.15) is 0 Å². The van der Waals surface area contributed by atoms with Crippen LogP contribution in [0.1, 0.15) is 23.7 Å². The zero-order chi connectivity index (χ0) is 11.7. The molecular formula is C11H11Br2NOS. The monoisotopic (exact) mass is 363 g/mol. The fourth-order valence-corrected chi connectivity index (χ4v) is 4.39. The molecule has 86 valence electrons. The Morgan fingerprint density at radius 1 is 1.50 bits per heavy atom. The lowest BCUT2D eigenvalue weighted by atomic mass is 10.1. The van der Waals surface area contributed by atoms with E-state index in [1.165, 1.54) is 16.9 Å². The van der Waals surface area contributed by atoms with E-state index in [1.807, 2.05) is 11.0 Å². The Hall–Kier alpha value is -0.130. The molecule has 0 saturated carbocycles. The second-order valence-electron chi connectivity index (χ2n) is 3.79. The first-order valence-corrected chi connectivity index (χ1v) is 7.38. The minimum atomic E-state index is 0.109. The maximum atomic E-state index is 12.2. The Labute approximate surface area is 116 Å². The molecule has 0 aromatic carbocycles. The third-order valence-electron chi connectivity index (χ3n) is 2.61. The van der Waals surface area contributed by atoms with Crippen molar-refractivity contribution in [3.63, 3.8) is 0 Å². The summed E-state index contributed by atoms with van der Waals surface area (Å²) in [6.07, 6.45) is 3.10. The van der Waals surface area contributed by atoms with Crippen molar-refractivity contribution in [3.05, 3.63) is 30.9 Å². The van der Waals surface area contributed by atoms with Crippen LogP contribution < -0.4 is 0 Å². The van der Waals surface area contributed by atoms with Crippen molar-refractivity contribution < 1.29 is 4.79 Å². The van der Waals surface area contributed by atoms with Crippen molar-refractivity contribution in [2.75, 3.05) is 13.1 Å². The molecule has 0 unspecified atom stereocenters. The topological polar surface area (TPSA) is 20.3 Å². The lowest BCUT2D eigenvalue weighted by Crippen LogP contribution is -2.34. The first-order valence-electron chi connectivity index (χ1n) is 4.97. The van der Waals surface area contributed by atoms with Gasteiger partial charge in [-0.2, -0.15) is 0 Å². The summed E-state index contributed by atoms with van der Waals surface area (Å²) in [5.41, 5.74) is 2.12. The van der Waals surface area contributed by atoms with E-state index in [1.54, 1.807) is 0 Å². The Morgan fingerprint density at radius 3 is 2.75 bits per heavy atom. The largest absolute Gasteiger partial charge is 0.335 e. The Bertz CT molecular complexity index is 453. The molecule has 1 aromatic rings. The van der Waals surface area contributed by atoms with E-state index < -0.39 is 0 Å². The van der Waals surface area contributed by atoms with E-state index in [0.29, 0.717) is 0 Å². The molecule has 16 heavy (non-hydrogen) atoms. The van der Waals surface area contributed by atoms with Gasteiger partial charge in [-0.15, -0.1) is 11.3 Å². The highest BCUT2D eigenvalue weighted by molar-refractivity contribution is 9.12. The summed E-state index contributed by atoms with van der Waals surface area (Å²) in [6.45, 7) is 3.66. The second-order valence-corrected chi connectivity index (χ2v) is 7.54. The standard InChI is InChI=1S/C11H11Br2NOS/c1-7-2-4-14(5-3-7)11(15)8-6-9(12)16-10(8)13/h2,6H,3-5H2,1H3. The highest BCUT2D eigenvalue weighted by Crippen LogP contribution is 2.32. The van der Waals surface area contributed by atoms with Crippen LogP contribution in [0, 0.1) is 0 Å². The summed E-state index contributed by atoms with van der Waals surface area (Å²) < 4.78 is 1.88. The van der Waals surface area contributed by atoms with E-state index >= 15 is 0 Å². The molecule has 5 heteroatoms. The van der Waals surface area contributed by atoms with Gasteiger partial charge in [0.05, 0.1) is 13.1 Å². The van der Waals surface area contributed by atoms with Crippen LogP contribution in [0.25, 0.3) is 0 Å². The molecule has 2 nitrogen and oxygen atoms in total. The summed E-state index contributed by atoms with van der Waals surface area (Å²) in [5, 5.41) is 0. The fraction of sp³-hybridized carbons (Fsp3) is 0.364. The first kappa shape index (κ1) is 12.3. The number of hydrogen-bond acceptors (Lipinski definition) is 2. The zero-order valence-corrected chi connectivity index (χ0v) is 12.8. The van der Waals surface area contributed by atoms with E-state index in [-0.39, 0.29) is 5.91 Å². The van der Waals surface area contributed by atoms with Crippen LogP contribution in [0.4, 0.5) is 0 Å². The number of nitrogens with zero attached hydrogens (tertiary/aromatic N) is 1. The quantitative estimate of drug-likeness (QED) is 0.688. The number of halogens is 2. The summed E-state index contributed by atoms with van der Waals surface area (Å²) >= 11 is 8.34. The van der Waals surface area contributed by atoms with Crippen LogP contribution in [0.15, 0.2) is 25.3 Å². The average molecular weight is 365 g/mol. The van der Waals surface area contributed by atoms with Crippen LogP contribution in [0.2, 0.25) is 0 Å². The molecule has 0 fully saturated rings. The molecule has 1 aliphatic rings. The summed E-state index contributed by atoms with van der Waals surface area (Å²) in [7, 11) is 0. The van der Waals surface area contributed by atoms with E-state index in [2.05, 4.69) is 44.9 Å². The van der Waals surface area contributed by atoms with Crippen molar-refractivity contribution in [1.82, 2.24) is 4.90 Å². The summed E-state index contributed by atoms with van der Waals surface area (Å²) in [5.74, 6) is 0.109. The van der Waals surface area contributed by atoms with Crippen LogP contribution in [0.5, 0.6) is 0 Å². The van der Waals surface area contributed by atoms with Crippen molar-refractivity contribution in [2.24, 2.45) is 0 Å². The summed E-state index contributed by atoms with van der Waals surface area (Å²) in [6, 6.07) is 1.88. The number of rotatable bonds is 1. The van der Waals surface area contributed by atoms with Crippen molar-refractivity contribution in [3.8, 4) is 0 Å². The minimum Gasteiger partial charge on any atom is -0.335 e. The van der Waals surface area contributed by atoms with Crippen LogP contribution in [-0.4, -0.2) is 23.9 Å². The smallest absolute Gasteiger partial charge is 0.256 e. The Balaban J connectivity index is 2.17. The van der Waals surface area contributed by atoms with Gasteiger partial charge in [0.2, 0.25) is 0 Å². The van der Waals surface area contributed by atoms with Gasteiger partial charge in [-0.1, -0.05) is 11.6 Å². The molecule has 0 spiro atoms. The highest BCUT2D eigenvalue weighted by atomic mass is 79.9. The molecule has 0 bridgehead atoms. The lowest BCUT2D eigenvalue weighted by molar-refractivity contribution is 0.0768. The van der Waals surface area contributed by atoms with Gasteiger partial charge < -0.3 is 4.90 Å². The van der Waals surface area contributed by atoms with Gasteiger partial charge in [0.15, 0.2) is 0 Å². The molecular weight excluding hydrogens is 354 g/mol. The number of carbonyl (C=O) groups excluding carboxylic acids is 1. The molecule has 0 aliphatic carbocycles. The molecule has 1 amide bonds. The average Bonchev–Trinajstić information content (AvgIpc) is 2.58. The zero-order valence-electron chi connectivity index (χ0n) is 8.80. The van der Waals surface area contributed by atoms with Gasteiger partial charge in [-0.05, 0) is 51.3 Å². The molecule has 0 saturated heterocycles. The van der Waals surface area contributed by atoms with Crippen molar-refractivity contribution in [2.45, 2.75) is 13.3 Å². The van der Waals surface area contributed by atoms with Gasteiger partial charge in [0, 0.05) is 13.1 Å². The number of hydrogen-bond donors (Lipinski definition) is 0. The van der Waals surface area contributed by atoms with Gasteiger partial charge in [-0.25, -0.2) is 0 Å². The fourth-order valence-electron chi connectivity index (χ4n) is 1.61. The van der Waals surface area contributed by atoms with Gasteiger partial charge in [-0.3, -0.25) is 4.79 Å². The molecule has 2 rings (SSSR count). The number of carbonyl (C=O) groups is 1. The van der Waals surface area contributed by atoms with E-state index in [0.717, 1.165) is 32.6 Å². The van der Waals surface area contributed by atoms with Crippen LogP contribution in [0.3, 0.4) is 0 Å². The van der Waals surface area contributed by atoms with Crippen molar-refractivity contribution >= 4 is 49.1 Å². The highest BCUT2D eigenvalue weighted by Gasteiger charge is 2.21. The van der Waals surface area contributed by atoms with Gasteiger partial charge >= 0.3 is 0 Å². The Morgan fingerprint density at radius 2 is 2.25 bits per heavy atom. The summed E-state index contributed by atoms with van der Waals surface area (Å²) in [4.78, 5) is 14.1. The predicted molar refractivity (Wildman–Crippen MR) is 74.0 cm³/mol. The maximum Gasteiger partial charge on any atom is 0.256 e. The number of amides is 1. The SMILES string of the molecule is CC1=CCN(C(=O)c2cc(Br)sc2Br)CC1. The Kier molecular flexibility index (Phi) is 3.87. The van der Waals surface area contributed by atoms with Gasteiger partial charge in [0.25, 0.3) is 5.91 Å². The lowest BCUT2D eigenvalue weighted by Gasteiger charge is -2.25. The molecule has 0 N–H and O–H groups in total. The van der Waals surface area contributed by atoms with E-state index in [9.17, 15) is 4.79 Å². The van der Waals surface area contributed by atoms with Crippen LogP contribution >= 0.6 is 43.2 Å². The second kappa shape index (κ2) is 5.02. The minimum absolute atomic E-state index is 0.109. The van der Waals surface area contributed by atoms with E-state index in [4.69, 9.17) is 0 Å². The number of thiophene rings is 1. The van der Waals surface area contributed by atoms with Crippen molar-refractivity contribution in [1.29, 1.82) is 0 Å². The molecule has 1 aromatic heterocycles. The third kappa shape index (κ3) is 2.57. The molecule has 0 atom stereocenters. The first-order chi connectivity index (χ1) is 7.58.